The van der Waals surface area contributed by atoms with Gasteiger partial charge in [0.15, 0.2) is 5.76 Å². The highest BCUT2D eigenvalue weighted by Crippen LogP contribution is 2.20. The number of nitrogens with zero attached hydrogens (tertiary/aromatic N) is 1. The number of rotatable bonds is 7. The van der Waals surface area contributed by atoms with E-state index in [0.717, 1.165) is 12.0 Å². The van der Waals surface area contributed by atoms with Crippen LogP contribution in [0.4, 0.5) is 0 Å². The first-order valence-corrected chi connectivity index (χ1v) is 7.03. The number of oxazole rings is 1. The van der Waals surface area contributed by atoms with Crippen LogP contribution in [0.1, 0.15) is 32.6 Å². The van der Waals surface area contributed by atoms with Crippen molar-refractivity contribution in [3.05, 3.63) is 42.4 Å². The molecule has 0 radical (unpaired) electrons. The summed E-state index contributed by atoms with van der Waals surface area (Å²) < 4.78 is 5.66. The second-order valence-corrected chi connectivity index (χ2v) is 5.23. The van der Waals surface area contributed by atoms with Crippen LogP contribution in [-0.2, 0) is 11.3 Å². The summed E-state index contributed by atoms with van der Waals surface area (Å²) in [6.45, 7) is 3.93. The summed E-state index contributed by atoms with van der Waals surface area (Å²) in [6.07, 6.45) is 3.00. The minimum Gasteiger partial charge on any atom is -0.480 e. The number of hydrogen-bond donors (Lipinski definition) is 2. The van der Waals surface area contributed by atoms with Crippen LogP contribution in [0.5, 0.6) is 0 Å². The molecule has 0 aliphatic heterocycles. The van der Waals surface area contributed by atoms with E-state index in [1.54, 1.807) is 13.1 Å². The Morgan fingerprint density at radius 3 is 2.71 bits per heavy atom. The van der Waals surface area contributed by atoms with Crippen molar-refractivity contribution in [1.29, 1.82) is 0 Å². The van der Waals surface area contributed by atoms with Crippen LogP contribution < -0.4 is 5.32 Å². The first-order chi connectivity index (χ1) is 10.0. The lowest BCUT2D eigenvalue weighted by Gasteiger charge is -2.25. The molecule has 0 saturated carbocycles. The van der Waals surface area contributed by atoms with Gasteiger partial charge in [0, 0.05) is 5.56 Å². The Hall–Kier alpha value is -2.14. The smallest absolute Gasteiger partial charge is 0.323 e. The maximum absolute atomic E-state index is 11.3. The number of hydrogen-bond acceptors (Lipinski definition) is 4. The van der Waals surface area contributed by atoms with E-state index in [4.69, 9.17) is 4.42 Å². The lowest BCUT2D eigenvalue weighted by Crippen LogP contribution is -2.48. The molecule has 0 saturated heterocycles. The van der Waals surface area contributed by atoms with Crippen LogP contribution in [0.15, 0.2) is 40.9 Å². The van der Waals surface area contributed by atoms with Crippen LogP contribution in [0, 0.1) is 0 Å². The summed E-state index contributed by atoms with van der Waals surface area (Å²) in [5, 5.41) is 12.3. The van der Waals surface area contributed by atoms with Crippen molar-refractivity contribution in [2.24, 2.45) is 0 Å². The molecule has 21 heavy (non-hydrogen) atoms. The van der Waals surface area contributed by atoms with Gasteiger partial charge in [0.2, 0.25) is 5.89 Å². The summed E-state index contributed by atoms with van der Waals surface area (Å²) in [5.41, 5.74) is -0.0124. The molecule has 1 heterocycles. The molecule has 2 aromatic rings. The van der Waals surface area contributed by atoms with Gasteiger partial charge in [-0.1, -0.05) is 43.7 Å². The SMILES string of the molecule is CCCC(C)(NCc1ncc(-c2ccccc2)o1)C(=O)O. The van der Waals surface area contributed by atoms with Crippen molar-refractivity contribution in [3.63, 3.8) is 0 Å². The van der Waals surface area contributed by atoms with E-state index in [1.165, 1.54) is 0 Å². The Kier molecular flexibility index (Phi) is 4.75. The number of carbonyl (C=O) groups is 1. The Bertz CT molecular complexity index is 595. The van der Waals surface area contributed by atoms with Crippen LogP contribution in [0.2, 0.25) is 0 Å². The molecule has 112 valence electrons. The van der Waals surface area contributed by atoms with E-state index in [1.807, 2.05) is 37.3 Å². The summed E-state index contributed by atoms with van der Waals surface area (Å²) in [6, 6.07) is 9.68. The van der Waals surface area contributed by atoms with E-state index in [9.17, 15) is 9.90 Å². The zero-order chi connectivity index (χ0) is 15.3. The van der Waals surface area contributed by atoms with Gasteiger partial charge in [-0.2, -0.15) is 0 Å². The fourth-order valence-electron chi connectivity index (χ4n) is 2.17. The van der Waals surface area contributed by atoms with Gasteiger partial charge < -0.3 is 9.52 Å². The molecule has 1 aromatic heterocycles. The highest BCUT2D eigenvalue weighted by atomic mass is 16.4. The fourth-order valence-corrected chi connectivity index (χ4v) is 2.17. The van der Waals surface area contributed by atoms with Crippen molar-refractivity contribution in [2.75, 3.05) is 0 Å². The second kappa shape index (κ2) is 6.54. The molecule has 1 atom stereocenters. The lowest BCUT2D eigenvalue weighted by atomic mass is 9.96. The molecule has 0 spiro atoms. The molecule has 0 aliphatic carbocycles. The summed E-state index contributed by atoms with van der Waals surface area (Å²) in [5.74, 6) is 0.302. The molecule has 1 aromatic carbocycles. The molecule has 5 heteroatoms. The molecular weight excluding hydrogens is 268 g/mol. The summed E-state index contributed by atoms with van der Waals surface area (Å²) in [7, 11) is 0. The molecular formula is C16H20N2O3. The van der Waals surface area contributed by atoms with Crippen molar-refractivity contribution >= 4 is 5.97 Å². The molecule has 0 fully saturated rings. The third-order valence-electron chi connectivity index (χ3n) is 3.46. The molecule has 5 nitrogen and oxygen atoms in total. The van der Waals surface area contributed by atoms with Crippen molar-refractivity contribution in [2.45, 2.75) is 38.8 Å². The van der Waals surface area contributed by atoms with Crippen LogP contribution in [0.25, 0.3) is 11.3 Å². The van der Waals surface area contributed by atoms with E-state index in [-0.39, 0.29) is 6.54 Å². The fraction of sp³-hybridized carbons (Fsp3) is 0.375. The second-order valence-electron chi connectivity index (χ2n) is 5.23. The lowest BCUT2D eigenvalue weighted by molar-refractivity contribution is -0.144. The van der Waals surface area contributed by atoms with Gasteiger partial charge in [-0.15, -0.1) is 0 Å². The quantitative estimate of drug-likeness (QED) is 0.819. The van der Waals surface area contributed by atoms with Gasteiger partial charge >= 0.3 is 5.97 Å². The Morgan fingerprint density at radius 1 is 1.38 bits per heavy atom. The third kappa shape index (κ3) is 3.70. The molecule has 2 N–H and O–H groups in total. The average Bonchev–Trinajstić information content (AvgIpc) is 2.95. The van der Waals surface area contributed by atoms with Gasteiger partial charge in [0.05, 0.1) is 12.7 Å². The molecule has 0 bridgehead atoms. The third-order valence-corrected chi connectivity index (χ3v) is 3.46. The molecule has 0 amide bonds. The zero-order valence-corrected chi connectivity index (χ0v) is 12.3. The summed E-state index contributed by atoms with van der Waals surface area (Å²) in [4.78, 5) is 15.5. The van der Waals surface area contributed by atoms with Gasteiger partial charge in [0.25, 0.3) is 0 Å². The number of carboxylic acids is 1. The standard InChI is InChI=1S/C16H20N2O3/c1-3-9-16(2,15(19)20)18-11-14-17-10-13(21-14)12-7-5-4-6-8-12/h4-8,10,18H,3,9,11H2,1-2H3,(H,19,20). The number of aromatic nitrogens is 1. The number of nitrogens with one attached hydrogen (secondary N) is 1. The van der Waals surface area contributed by atoms with Gasteiger partial charge in [-0.05, 0) is 13.3 Å². The predicted octanol–water partition coefficient (Wildman–Crippen LogP) is 3.07. The van der Waals surface area contributed by atoms with Gasteiger partial charge in [0.1, 0.15) is 5.54 Å². The normalized spacial score (nSPS) is 13.8. The summed E-state index contributed by atoms with van der Waals surface area (Å²) >= 11 is 0. The van der Waals surface area contributed by atoms with Crippen molar-refractivity contribution in [3.8, 4) is 11.3 Å². The van der Waals surface area contributed by atoms with Crippen LogP contribution in [-0.4, -0.2) is 21.6 Å². The Balaban J connectivity index is 2.04. The number of carboxylic acid groups (broad SMARTS) is 1. The van der Waals surface area contributed by atoms with Crippen molar-refractivity contribution < 1.29 is 14.3 Å². The van der Waals surface area contributed by atoms with E-state index in [0.29, 0.717) is 18.1 Å². The number of benzene rings is 1. The molecule has 2 rings (SSSR count). The van der Waals surface area contributed by atoms with Gasteiger partial charge in [-0.3, -0.25) is 10.1 Å². The minimum atomic E-state index is -0.962. The van der Waals surface area contributed by atoms with E-state index in [2.05, 4.69) is 10.3 Å². The molecule has 1 unspecified atom stereocenters. The highest BCUT2D eigenvalue weighted by Gasteiger charge is 2.31. The topological polar surface area (TPSA) is 75.4 Å². The maximum Gasteiger partial charge on any atom is 0.323 e. The highest BCUT2D eigenvalue weighted by molar-refractivity contribution is 5.78. The van der Waals surface area contributed by atoms with Gasteiger partial charge in [-0.25, -0.2) is 4.98 Å². The van der Waals surface area contributed by atoms with E-state index >= 15 is 0 Å². The monoisotopic (exact) mass is 288 g/mol. The largest absolute Gasteiger partial charge is 0.480 e. The van der Waals surface area contributed by atoms with Crippen molar-refractivity contribution in [1.82, 2.24) is 10.3 Å². The first-order valence-electron chi connectivity index (χ1n) is 7.03. The molecule has 0 aliphatic rings. The minimum absolute atomic E-state index is 0.287. The van der Waals surface area contributed by atoms with Crippen LogP contribution in [0.3, 0.4) is 0 Å². The Morgan fingerprint density at radius 2 is 2.10 bits per heavy atom. The first kappa shape index (κ1) is 15.3. The number of aliphatic carboxylic acids is 1. The average molecular weight is 288 g/mol. The predicted molar refractivity (Wildman–Crippen MR) is 79.7 cm³/mol. The van der Waals surface area contributed by atoms with E-state index < -0.39 is 11.5 Å². The zero-order valence-electron chi connectivity index (χ0n) is 12.3. The Labute approximate surface area is 124 Å². The maximum atomic E-state index is 11.3. The van der Waals surface area contributed by atoms with Crippen LogP contribution >= 0.6 is 0 Å².